The zero-order chi connectivity index (χ0) is 9.97. The maximum Gasteiger partial charge on any atom is 0.165 e. The molecule has 14 heavy (non-hydrogen) atoms. The number of hydrogen-bond donors (Lipinski definition) is 1. The minimum absolute atomic E-state index is 1.01. The van der Waals surface area contributed by atoms with Crippen molar-refractivity contribution in [3.8, 4) is 0 Å². The van der Waals surface area contributed by atoms with Gasteiger partial charge in [-0.2, -0.15) is 0 Å². The number of aromatic nitrogens is 1. The first-order valence-electron chi connectivity index (χ1n) is 4.88. The summed E-state index contributed by atoms with van der Waals surface area (Å²) in [7, 11) is 4.05. The van der Waals surface area contributed by atoms with E-state index in [0.717, 1.165) is 13.1 Å². The Bertz CT molecular complexity index is 381. The lowest BCUT2D eigenvalue weighted by Gasteiger charge is -2.19. The normalized spacial score (nSPS) is 17.4. The predicted molar refractivity (Wildman–Crippen MR) is 58.6 cm³/mol. The first kappa shape index (κ1) is 9.06. The smallest absolute Gasteiger partial charge is 0.165 e. The summed E-state index contributed by atoms with van der Waals surface area (Å²) in [6, 6.07) is 4.23. The monoisotopic (exact) mass is 190 g/mol. The van der Waals surface area contributed by atoms with Gasteiger partial charge in [0.2, 0.25) is 0 Å². The third-order valence-electron chi connectivity index (χ3n) is 2.31. The number of fused-ring (bicyclic) bond motifs is 1. The zero-order valence-corrected chi connectivity index (χ0v) is 8.70. The van der Waals surface area contributed by atoms with E-state index in [1.54, 1.807) is 0 Å². The van der Waals surface area contributed by atoms with Gasteiger partial charge >= 0.3 is 0 Å². The Labute approximate surface area is 84.4 Å². The van der Waals surface area contributed by atoms with E-state index >= 15 is 0 Å². The van der Waals surface area contributed by atoms with Crippen molar-refractivity contribution in [1.29, 1.82) is 0 Å². The van der Waals surface area contributed by atoms with Crippen LogP contribution >= 0.6 is 0 Å². The summed E-state index contributed by atoms with van der Waals surface area (Å²) in [4.78, 5) is 0. The van der Waals surface area contributed by atoms with Crippen LogP contribution in [0, 0.1) is 0 Å². The van der Waals surface area contributed by atoms with Gasteiger partial charge in [-0.05, 0) is 12.1 Å². The summed E-state index contributed by atoms with van der Waals surface area (Å²) in [5, 5.41) is 3.40. The fourth-order valence-corrected chi connectivity index (χ4v) is 1.62. The van der Waals surface area contributed by atoms with Gasteiger partial charge in [0.25, 0.3) is 0 Å². The number of hydrogen-bond acceptors (Lipinski definition) is 1. The van der Waals surface area contributed by atoms with Gasteiger partial charge < -0.3 is 9.88 Å². The standard InChI is InChI=1S/C11H15N3/c1-13(2)8-5-10-11-4-3-7-14(11)9-6-12-10/h3-5,7-8H,6,9H2,1-2H3/p+1. The van der Waals surface area contributed by atoms with Crippen LogP contribution in [-0.2, 0) is 6.54 Å². The topological polar surface area (TPSA) is 20.0 Å². The van der Waals surface area contributed by atoms with E-state index in [9.17, 15) is 0 Å². The molecule has 74 valence electrons. The largest absolute Gasteiger partial charge is 0.381 e. The molecule has 0 saturated heterocycles. The second kappa shape index (κ2) is 3.70. The lowest BCUT2D eigenvalue weighted by Crippen LogP contribution is -2.26. The molecule has 1 aliphatic heterocycles. The summed E-state index contributed by atoms with van der Waals surface area (Å²) in [5.74, 6) is 0. The van der Waals surface area contributed by atoms with E-state index in [-0.39, 0.29) is 0 Å². The molecule has 3 nitrogen and oxygen atoms in total. The third-order valence-corrected chi connectivity index (χ3v) is 2.31. The Morgan fingerprint density at radius 3 is 3.14 bits per heavy atom. The van der Waals surface area contributed by atoms with Gasteiger partial charge in [-0.3, -0.25) is 0 Å². The molecule has 0 radical (unpaired) electrons. The van der Waals surface area contributed by atoms with E-state index in [4.69, 9.17) is 0 Å². The van der Waals surface area contributed by atoms with Crippen LogP contribution < -0.4 is 5.32 Å². The van der Waals surface area contributed by atoms with Crippen LogP contribution in [0.5, 0.6) is 0 Å². The van der Waals surface area contributed by atoms with Gasteiger partial charge in [0.05, 0.1) is 11.4 Å². The number of rotatable bonds is 1. The third kappa shape index (κ3) is 1.71. The zero-order valence-electron chi connectivity index (χ0n) is 8.70. The van der Waals surface area contributed by atoms with Crippen molar-refractivity contribution in [1.82, 2.24) is 9.88 Å². The molecule has 3 heteroatoms. The molecule has 2 heterocycles. The van der Waals surface area contributed by atoms with Gasteiger partial charge in [-0.15, -0.1) is 0 Å². The van der Waals surface area contributed by atoms with Crippen molar-refractivity contribution < 1.29 is 4.58 Å². The van der Waals surface area contributed by atoms with Crippen LogP contribution in [0.1, 0.15) is 5.69 Å². The first-order valence-corrected chi connectivity index (χ1v) is 4.88. The number of nitrogens with zero attached hydrogens (tertiary/aromatic N) is 2. The predicted octanol–water partition coefficient (Wildman–Crippen LogP) is 0.775. The maximum absolute atomic E-state index is 3.40. The summed E-state index contributed by atoms with van der Waals surface area (Å²) in [6.07, 6.45) is 6.30. The highest BCUT2D eigenvalue weighted by molar-refractivity contribution is 5.80. The van der Waals surface area contributed by atoms with Crippen LogP contribution in [0.25, 0.3) is 5.70 Å². The second-order valence-electron chi connectivity index (χ2n) is 3.71. The van der Waals surface area contributed by atoms with Crippen molar-refractivity contribution in [3.05, 3.63) is 30.1 Å². The van der Waals surface area contributed by atoms with Crippen molar-refractivity contribution in [2.45, 2.75) is 6.54 Å². The van der Waals surface area contributed by atoms with Crippen LogP contribution in [0.15, 0.2) is 24.4 Å². The molecule has 0 aliphatic carbocycles. The van der Waals surface area contributed by atoms with Crippen molar-refractivity contribution in [2.75, 3.05) is 20.6 Å². The molecule has 1 aromatic heterocycles. The molecule has 1 aliphatic rings. The molecule has 0 amide bonds. The Balaban J connectivity index is 2.32. The summed E-state index contributed by atoms with van der Waals surface area (Å²) in [6.45, 7) is 2.07. The highest BCUT2D eigenvalue weighted by atomic mass is 15.1. The van der Waals surface area contributed by atoms with E-state index in [2.05, 4.69) is 40.5 Å². The molecular formula is C11H16N3+. The highest BCUT2D eigenvalue weighted by Crippen LogP contribution is 2.15. The molecule has 0 bridgehead atoms. The van der Waals surface area contributed by atoms with Crippen LogP contribution in [0.3, 0.4) is 0 Å². The van der Waals surface area contributed by atoms with Gasteiger partial charge in [0, 0.05) is 25.4 Å². The average Bonchev–Trinajstić information content (AvgIpc) is 2.62. The summed E-state index contributed by atoms with van der Waals surface area (Å²) in [5.41, 5.74) is 2.48. The maximum atomic E-state index is 3.40. The van der Waals surface area contributed by atoms with Gasteiger partial charge in [-0.1, -0.05) is 0 Å². The van der Waals surface area contributed by atoms with Crippen molar-refractivity contribution in [2.24, 2.45) is 0 Å². The fourth-order valence-electron chi connectivity index (χ4n) is 1.62. The minimum Gasteiger partial charge on any atom is -0.381 e. The summed E-state index contributed by atoms with van der Waals surface area (Å²) >= 11 is 0. The molecular weight excluding hydrogens is 174 g/mol. The molecule has 0 saturated carbocycles. The lowest BCUT2D eigenvalue weighted by molar-refractivity contribution is -0.458. The minimum atomic E-state index is 1.01. The molecule has 0 aromatic carbocycles. The van der Waals surface area contributed by atoms with Gasteiger partial charge in [0.1, 0.15) is 14.1 Å². The second-order valence-corrected chi connectivity index (χ2v) is 3.71. The molecule has 0 atom stereocenters. The van der Waals surface area contributed by atoms with Crippen molar-refractivity contribution >= 4 is 11.9 Å². The van der Waals surface area contributed by atoms with Crippen LogP contribution in [0.4, 0.5) is 0 Å². The Morgan fingerprint density at radius 1 is 1.50 bits per heavy atom. The Kier molecular flexibility index (Phi) is 2.39. The Hall–Kier alpha value is -1.51. The van der Waals surface area contributed by atoms with Gasteiger partial charge in [-0.25, -0.2) is 4.58 Å². The van der Waals surface area contributed by atoms with Crippen LogP contribution in [-0.4, -0.2) is 36.0 Å². The lowest BCUT2D eigenvalue weighted by atomic mass is 10.2. The van der Waals surface area contributed by atoms with E-state index < -0.39 is 0 Å². The number of allylic oxidation sites excluding steroid dienone is 1. The van der Waals surface area contributed by atoms with E-state index in [0.29, 0.717) is 0 Å². The fraction of sp³-hybridized carbons (Fsp3) is 0.364. The first-order chi connectivity index (χ1) is 6.77. The highest BCUT2D eigenvalue weighted by Gasteiger charge is 2.11. The Morgan fingerprint density at radius 2 is 2.36 bits per heavy atom. The molecule has 0 unspecified atom stereocenters. The van der Waals surface area contributed by atoms with E-state index in [1.807, 2.05) is 18.7 Å². The average molecular weight is 190 g/mol. The molecule has 0 fully saturated rings. The molecule has 1 aromatic rings. The quantitative estimate of drug-likeness (QED) is 0.512. The number of nitrogens with one attached hydrogen (secondary N) is 1. The summed E-state index contributed by atoms with van der Waals surface area (Å²) < 4.78 is 4.31. The molecule has 1 N–H and O–H groups in total. The molecule has 2 rings (SSSR count). The van der Waals surface area contributed by atoms with Gasteiger partial charge in [0.15, 0.2) is 6.21 Å². The SMILES string of the molecule is C[N+](C)=CC=C1NCCn2cccc21. The van der Waals surface area contributed by atoms with Crippen LogP contribution in [0.2, 0.25) is 0 Å². The van der Waals surface area contributed by atoms with Crippen molar-refractivity contribution in [3.63, 3.8) is 0 Å². The molecule has 0 spiro atoms. The van der Waals surface area contributed by atoms with E-state index in [1.165, 1.54) is 11.4 Å².